The predicted molar refractivity (Wildman–Crippen MR) is 83.7 cm³/mol. The predicted octanol–water partition coefficient (Wildman–Crippen LogP) is 2.86. The second-order valence-corrected chi connectivity index (χ2v) is 6.52. The molecule has 1 aliphatic carbocycles. The summed E-state index contributed by atoms with van der Waals surface area (Å²) in [7, 11) is 0. The van der Waals surface area contributed by atoms with Crippen LogP contribution >= 0.6 is 11.8 Å². The van der Waals surface area contributed by atoms with Gasteiger partial charge in [-0.1, -0.05) is 18.6 Å². The molecule has 4 heteroatoms. The minimum Gasteiger partial charge on any atom is -0.387 e. The lowest BCUT2D eigenvalue weighted by Gasteiger charge is -2.29. The Hall–Kier alpha value is -1.02. The summed E-state index contributed by atoms with van der Waals surface area (Å²) >= 11 is 1.95. The van der Waals surface area contributed by atoms with Crippen LogP contribution in [0.25, 0.3) is 0 Å². The lowest BCUT2D eigenvalue weighted by atomic mass is 9.94. The first-order chi connectivity index (χ1) is 9.72. The molecule has 1 fully saturated rings. The Morgan fingerprint density at radius 2 is 2.15 bits per heavy atom. The van der Waals surface area contributed by atoms with Gasteiger partial charge in [0, 0.05) is 17.8 Å². The number of nitrogens with one attached hydrogen (secondary N) is 1. The number of aliphatic hydroxyl groups excluding tert-OH is 1. The summed E-state index contributed by atoms with van der Waals surface area (Å²) in [6.07, 6.45) is 6.67. The van der Waals surface area contributed by atoms with E-state index in [0.717, 1.165) is 10.8 Å². The molecule has 0 amide bonds. The number of thioether (sulfide) groups is 1. The van der Waals surface area contributed by atoms with E-state index in [9.17, 15) is 5.11 Å². The van der Waals surface area contributed by atoms with Crippen LogP contribution in [0.4, 0.5) is 0 Å². The molecular weight excluding hydrogens is 268 g/mol. The smallest absolute Gasteiger partial charge is 0.0991 e. The molecule has 1 aliphatic rings. The highest BCUT2D eigenvalue weighted by molar-refractivity contribution is 7.99. The lowest BCUT2D eigenvalue weighted by Crippen LogP contribution is -2.37. The second-order valence-electron chi connectivity index (χ2n) is 5.38. The Labute approximate surface area is 125 Å². The van der Waals surface area contributed by atoms with E-state index in [4.69, 9.17) is 5.26 Å². The van der Waals surface area contributed by atoms with Gasteiger partial charge in [-0.2, -0.15) is 17.0 Å². The third-order valence-electron chi connectivity index (χ3n) is 3.98. The average molecular weight is 290 g/mol. The fraction of sp³-hybridized carbons (Fsp3) is 0.562. The number of nitrogens with zero attached hydrogens (tertiary/aromatic N) is 1. The minimum atomic E-state index is -0.502. The van der Waals surface area contributed by atoms with Crippen LogP contribution in [0.3, 0.4) is 0 Å². The van der Waals surface area contributed by atoms with E-state index in [1.54, 1.807) is 12.1 Å². The van der Waals surface area contributed by atoms with Gasteiger partial charge in [0.05, 0.1) is 17.7 Å². The Morgan fingerprint density at radius 1 is 1.40 bits per heavy atom. The largest absolute Gasteiger partial charge is 0.387 e. The maximum Gasteiger partial charge on any atom is 0.0991 e. The van der Waals surface area contributed by atoms with E-state index >= 15 is 0 Å². The van der Waals surface area contributed by atoms with Gasteiger partial charge in [0.2, 0.25) is 0 Å². The molecule has 3 nitrogen and oxygen atoms in total. The van der Waals surface area contributed by atoms with Gasteiger partial charge < -0.3 is 10.4 Å². The molecule has 3 atom stereocenters. The quantitative estimate of drug-likeness (QED) is 0.875. The molecule has 0 radical (unpaired) electrons. The van der Waals surface area contributed by atoms with Crippen LogP contribution < -0.4 is 5.32 Å². The van der Waals surface area contributed by atoms with Gasteiger partial charge in [0.1, 0.15) is 0 Å². The normalized spacial score (nSPS) is 24.1. The molecule has 0 aromatic heterocycles. The average Bonchev–Trinajstić information content (AvgIpc) is 2.53. The molecule has 2 rings (SSSR count). The van der Waals surface area contributed by atoms with Gasteiger partial charge in [-0.05, 0) is 43.2 Å². The molecular formula is C16H22N2OS. The zero-order valence-electron chi connectivity index (χ0n) is 11.9. The third-order valence-corrected chi connectivity index (χ3v) is 5.08. The van der Waals surface area contributed by atoms with Crippen molar-refractivity contribution in [3.05, 3.63) is 35.4 Å². The van der Waals surface area contributed by atoms with Crippen LogP contribution in [0.1, 0.15) is 42.9 Å². The molecule has 108 valence electrons. The number of benzene rings is 1. The summed E-state index contributed by atoms with van der Waals surface area (Å²) in [4.78, 5) is 0. The van der Waals surface area contributed by atoms with Crippen molar-refractivity contribution >= 4 is 11.8 Å². The van der Waals surface area contributed by atoms with Crippen LogP contribution in [-0.4, -0.2) is 29.2 Å². The van der Waals surface area contributed by atoms with Gasteiger partial charge in [-0.15, -0.1) is 0 Å². The van der Waals surface area contributed by atoms with Crippen LogP contribution in [0.5, 0.6) is 0 Å². The molecule has 0 spiro atoms. The van der Waals surface area contributed by atoms with Gasteiger partial charge in [-0.25, -0.2) is 0 Å². The number of aliphatic hydroxyl groups is 1. The summed E-state index contributed by atoms with van der Waals surface area (Å²) in [5.41, 5.74) is 1.50. The molecule has 0 aliphatic heterocycles. The first-order valence-electron chi connectivity index (χ1n) is 7.17. The van der Waals surface area contributed by atoms with Gasteiger partial charge in [0.15, 0.2) is 0 Å². The topological polar surface area (TPSA) is 56.0 Å². The van der Waals surface area contributed by atoms with Crippen molar-refractivity contribution in [1.29, 1.82) is 5.26 Å². The van der Waals surface area contributed by atoms with Crippen LogP contribution in [0.15, 0.2) is 24.3 Å². The Bertz CT molecular complexity index is 455. The highest BCUT2D eigenvalue weighted by Gasteiger charge is 2.21. The standard InChI is InChI=1S/C16H22N2OS/c1-20-15-4-2-3-14(9-15)18-11-16(19)13-7-5-12(10-17)6-8-13/h5-8,14-16,18-19H,2-4,9,11H2,1H3. The van der Waals surface area contributed by atoms with E-state index in [1.807, 2.05) is 23.9 Å². The number of rotatable bonds is 5. The molecule has 2 N–H and O–H groups in total. The molecule has 1 aromatic carbocycles. The van der Waals surface area contributed by atoms with Gasteiger partial charge in [-0.3, -0.25) is 0 Å². The molecule has 20 heavy (non-hydrogen) atoms. The summed E-state index contributed by atoms with van der Waals surface area (Å²) in [6.45, 7) is 0.581. The summed E-state index contributed by atoms with van der Waals surface area (Å²) in [6, 6.07) is 9.78. The first kappa shape index (κ1) is 15.4. The monoisotopic (exact) mass is 290 g/mol. The van der Waals surface area contributed by atoms with Crippen molar-refractivity contribution in [3.8, 4) is 6.07 Å². The maximum atomic E-state index is 10.2. The number of hydrogen-bond acceptors (Lipinski definition) is 4. The van der Waals surface area contributed by atoms with E-state index in [1.165, 1.54) is 25.7 Å². The highest BCUT2D eigenvalue weighted by atomic mass is 32.2. The maximum absolute atomic E-state index is 10.2. The van der Waals surface area contributed by atoms with Gasteiger partial charge in [0.25, 0.3) is 0 Å². The molecule has 3 unspecified atom stereocenters. The van der Waals surface area contributed by atoms with E-state index in [2.05, 4.69) is 17.6 Å². The van der Waals surface area contributed by atoms with Crippen LogP contribution in [0, 0.1) is 11.3 Å². The van der Waals surface area contributed by atoms with Crippen molar-refractivity contribution in [3.63, 3.8) is 0 Å². The molecule has 0 saturated heterocycles. The van der Waals surface area contributed by atoms with Crippen LogP contribution in [-0.2, 0) is 0 Å². The first-order valence-corrected chi connectivity index (χ1v) is 8.46. The Balaban J connectivity index is 1.82. The summed E-state index contributed by atoms with van der Waals surface area (Å²) < 4.78 is 0. The summed E-state index contributed by atoms with van der Waals surface area (Å²) in [5, 5.41) is 23.2. The van der Waals surface area contributed by atoms with Crippen molar-refractivity contribution in [1.82, 2.24) is 5.32 Å². The SMILES string of the molecule is CSC1CCCC(NCC(O)c2ccc(C#N)cc2)C1. The van der Waals surface area contributed by atoms with Crippen molar-refractivity contribution in [2.75, 3.05) is 12.8 Å². The zero-order chi connectivity index (χ0) is 14.4. The van der Waals surface area contributed by atoms with E-state index < -0.39 is 6.10 Å². The van der Waals surface area contributed by atoms with E-state index in [-0.39, 0.29) is 0 Å². The second kappa shape index (κ2) is 7.68. The molecule has 0 bridgehead atoms. The lowest BCUT2D eigenvalue weighted by molar-refractivity contribution is 0.166. The van der Waals surface area contributed by atoms with Crippen molar-refractivity contribution in [2.45, 2.75) is 43.1 Å². The van der Waals surface area contributed by atoms with Crippen molar-refractivity contribution < 1.29 is 5.11 Å². The van der Waals surface area contributed by atoms with Gasteiger partial charge >= 0.3 is 0 Å². The Kier molecular flexibility index (Phi) is 5.90. The fourth-order valence-corrected chi connectivity index (χ4v) is 3.55. The number of nitriles is 1. The zero-order valence-corrected chi connectivity index (χ0v) is 12.7. The molecule has 1 aromatic rings. The van der Waals surface area contributed by atoms with E-state index in [0.29, 0.717) is 18.2 Å². The minimum absolute atomic E-state index is 0.502. The van der Waals surface area contributed by atoms with Crippen LogP contribution in [0.2, 0.25) is 0 Å². The Morgan fingerprint density at radius 3 is 2.80 bits per heavy atom. The highest BCUT2D eigenvalue weighted by Crippen LogP contribution is 2.27. The summed E-state index contributed by atoms with van der Waals surface area (Å²) in [5.74, 6) is 0. The molecule has 0 heterocycles. The van der Waals surface area contributed by atoms with Crippen molar-refractivity contribution in [2.24, 2.45) is 0 Å². The molecule has 1 saturated carbocycles. The third kappa shape index (κ3) is 4.24. The number of hydrogen-bond donors (Lipinski definition) is 2. The fourth-order valence-electron chi connectivity index (χ4n) is 2.72.